The number of benzene rings is 2. The maximum absolute atomic E-state index is 11.9. The number of halogens is 1. The molecule has 0 saturated heterocycles. The number of nitrogens with one attached hydrogen (secondary N) is 2. The van der Waals surface area contributed by atoms with E-state index >= 15 is 0 Å². The minimum atomic E-state index is -1.25. The molecule has 0 atom stereocenters. The maximum atomic E-state index is 11.9. The van der Waals surface area contributed by atoms with Crippen molar-refractivity contribution in [3.05, 3.63) is 63.2 Å². The molecule has 0 heterocycles. The molecule has 2 rings (SSSR count). The quantitative estimate of drug-likeness (QED) is 0.328. The Hall–Kier alpha value is -3.46. The third kappa shape index (κ3) is 4.52. The summed E-state index contributed by atoms with van der Waals surface area (Å²) < 4.78 is 0. The number of nitrogens with zero attached hydrogens (tertiary/aromatic N) is 1. The number of rotatable bonds is 3. The van der Waals surface area contributed by atoms with Gasteiger partial charge in [0.15, 0.2) is 0 Å². The van der Waals surface area contributed by atoms with E-state index in [1.54, 1.807) is 0 Å². The largest absolute Gasteiger partial charge is 0.399 e. The number of nitro groups is 1. The van der Waals surface area contributed by atoms with Crippen LogP contribution in [0.5, 0.6) is 0 Å². The number of carbonyl (C=O) groups excluding carboxylic acids is 3. The third-order valence-electron chi connectivity index (χ3n) is 3.02. The predicted molar refractivity (Wildman–Crippen MR) is 90.1 cm³/mol. The summed E-state index contributed by atoms with van der Waals surface area (Å²) in [6.45, 7) is 0. The Labute approximate surface area is 145 Å². The third-order valence-corrected chi connectivity index (χ3v) is 3.34. The first-order valence-corrected chi connectivity index (χ1v) is 7.12. The molecule has 128 valence electrons. The van der Waals surface area contributed by atoms with Crippen molar-refractivity contribution in [2.75, 3.05) is 11.1 Å². The Kier molecular flexibility index (Phi) is 5.30. The summed E-state index contributed by atoms with van der Waals surface area (Å²) in [6.07, 6.45) is 0. The standard InChI is InChI=1S/C15H11ClN4O5/c16-11-6-5-10(20(24)25)7-12(11)18-14(22)15(23)19-13(21)8-1-3-9(17)4-2-8/h1-7H,17H2,(H,18,22)(H,19,21,23). The molecule has 0 spiro atoms. The highest BCUT2D eigenvalue weighted by Crippen LogP contribution is 2.26. The van der Waals surface area contributed by atoms with Crippen LogP contribution in [0.1, 0.15) is 10.4 Å². The lowest BCUT2D eigenvalue weighted by atomic mass is 10.2. The van der Waals surface area contributed by atoms with Gasteiger partial charge < -0.3 is 11.1 Å². The van der Waals surface area contributed by atoms with E-state index in [2.05, 4.69) is 5.32 Å². The fourth-order valence-corrected chi connectivity index (χ4v) is 1.93. The van der Waals surface area contributed by atoms with Crippen LogP contribution in [0, 0.1) is 10.1 Å². The zero-order chi connectivity index (χ0) is 18.6. The lowest BCUT2D eigenvalue weighted by molar-refractivity contribution is -0.384. The molecule has 2 aromatic carbocycles. The molecule has 2 aromatic rings. The van der Waals surface area contributed by atoms with E-state index in [0.29, 0.717) is 5.69 Å². The molecular formula is C15H11ClN4O5. The van der Waals surface area contributed by atoms with Gasteiger partial charge in [-0.1, -0.05) is 11.6 Å². The van der Waals surface area contributed by atoms with Gasteiger partial charge in [-0.05, 0) is 30.3 Å². The smallest absolute Gasteiger partial charge is 0.316 e. The van der Waals surface area contributed by atoms with Crippen LogP contribution in [0.4, 0.5) is 17.1 Å². The molecule has 0 aliphatic rings. The van der Waals surface area contributed by atoms with Crippen molar-refractivity contribution in [2.24, 2.45) is 0 Å². The Bertz CT molecular complexity index is 867. The van der Waals surface area contributed by atoms with Crippen molar-refractivity contribution in [1.82, 2.24) is 5.32 Å². The van der Waals surface area contributed by atoms with E-state index in [-0.39, 0.29) is 22.0 Å². The average Bonchev–Trinajstić information content (AvgIpc) is 2.57. The zero-order valence-corrected chi connectivity index (χ0v) is 13.2. The van der Waals surface area contributed by atoms with Crippen molar-refractivity contribution in [1.29, 1.82) is 0 Å². The van der Waals surface area contributed by atoms with Gasteiger partial charge in [-0.2, -0.15) is 0 Å². The number of carbonyl (C=O) groups is 3. The van der Waals surface area contributed by atoms with Gasteiger partial charge in [-0.15, -0.1) is 0 Å². The number of imide groups is 1. The number of nitrogens with two attached hydrogens (primary N) is 1. The zero-order valence-electron chi connectivity index (χ0n) is 12.5. The highest BCUT2D eigenvalue weighted by Gasteiger charge is 2.20. The van der Waals surface area contributed by atoms with Crippen molar-refractivity contribution >= 4 is 46.4 Å². The second-order valence-electron chi connectivity index (χ2n) is 4.78. The number of hydrogen-bond donors (Lipinski definition) is 3. The summed E-state index contributed by atoms with van der Waals surface area (Å²) in [5.41, 5.74) is 5.60. The lowest BCUT2D eigenvalue weighted by Crippen LogP contribution is -2.39. The first-order valence-electron chi connectivity index (χ1n) is 6.74. The molecule has 25 heavy (non-hydrogen) atoms. The Morgan fingerprint density at radius 3 is 2.28 bits per heavy atom. The Morgan fingerprint density at radius 2 is 1.68 bits per heavy atom. The van der Waals surface area contributed by atoms with Gasteiger partial charge in [0.05, 0.1) is 15.6 Å². The fraction of sp³-hybridized carbons (Fsp3) is 0. The van der Waals surface area contributed by atoms with Gasteiger partial charge in [0.1, 0.15) is 0 Å². The summed E-state index contributed by atoms with van der Waals surface area (Å²) in [6, 6.07) is 9.02. The molecule has 3 amide bonds. The summed E-state index contributed by atoms with van der Waals surface area (Å²) in [5.74, 6) is -3.25. The van der Waals surface area contributed by atoms with E-state index in [4.69, 9.17) is 17.3 Å². The second kappa shape index (κ2) is 7.41. The van der Waals surface area contributed by atoms with Crippen LogP contribution in [-0.4, -0.2) is 22.6 Å². The van der Waals surface area contributed by atoms with E-state index in [1.807, 2.05) is 5.32 Å². The minimum absolute atomic E-state index is 0.00314. The number of nitro benzene ring substituents is 1. The van der Waals surface area contributed by atoms with Crippen LogP contribution in [0.15, 0.2) is 42.5 Å². The average molecular weight is 363 g/mol. The van der Waals surface area contributed by atoms with Gasteiger partial charge in [0, 0.05) is 23.4 Å². The molecule has 10 heteroatoms. The lowest BCUT2D eigenvalue weighted by Gasteiger charge is -2.07. The molecule has 0 unspecified atom stereocenters. The first-order chi connectivity index (χ1) is 11.8. The summed E-state index contributed by atoms with van der Waals surface area (Å²) in [5, 5.41) is 14.7. The first kappa shape index (κ1) is 17.9. The van der Waals surface area contributed by atoms with Gasteiger partial charge in [-0.25, -0.2) is 0 Å². The molecule has 0 aromatic heterocycles. The number of hydrogen-bond acceptors (Lipinski definition) is 6. The molecular weight excluding hydrogens is 352 g/mol. The molecule has 0 radical (unpaired) electrons. The molecule has 0 aliphatic heterocycles. The molecule has 0 bridgehead atoms. The van der Waals surface area contributed by atoms with Crippen molar-refractivity contribution in [3.8, 4) is 0 Å². The van der Waals surface area contributed by atoms with Crippen LogP contribution >= 0.6 is 11.6 Å². The summed E-state index contributed by atoms with van der Waals surface area (Å²) >= 11 is 5.82. The number of anilines is 2. The topological polar surface area (TPSA) is 144 Å². The Balaban J connectivity index is 2.06. The molecule has 0 fully saturated rings. The highest BCUT2D eigenvalue weighted by atomic mass is 35.5. The SMILES string of the molecule is Nc1ccc(C(=O)NC(=O)C(=O)Nc2cc([N+](=O)[O-])ccc2Cl)cc1. The van der Waals surface area contributed by atoms with E-state index in [1.165, 1.54) is 30.3 Å². The van der Waals surface area contributed by atoms with Crippen LogP contribution in [-0.2, 0) is 9.59 Å². The second-order valence-corrected chi connectivity index (χ2v) is 5.19. The molecule has 0 aliphatic carbocycles. The minimum Gasteiger partial charge on any atom is -0.399 e. The number of nitrogen functional groups attached to an aromatic ring is 1. The number of non-ortho nitro benzene ring substituents is 1. The Morgan fingerprint density at radius 1 is 1.04 bits per heavy atom. The van der Waals surface area contributed by atoms with E-state index < -0.39 is 22.6 Å². The van der Waals surface area contributed by atoms with Crippen LogP contribution in [0.25, 0.3) is 0 Å². The maximum Gasteiger partial charge on any atom is 0.316 e. The molecule has 9 nitrogen and oxygen atoms in total. The normalized spacial score (nSPS) is 9.96. The number of amides is 3. The van der Waals surface area contributed by atoms with Crippen LogP contribution in [0.3, 0.4) is 0 Å². The van der Waals surface area contributed by atoms with Gasteiger partial charge in [-0.3, -0.25) is 29.8 Å². The van der Waals surface area contributed by atoms with Crippen LogP contribution < -0.4 is 16.4 Å². The molecule has 0 saturated carbocycles. The van der Waals surface area contributed by atoms with E-state index in [0.717, 1.165) is 12.1 Å². The molecule has 4 N–H and O–H groups in total. The summed E-state index contributed by atoms with van der Waals surface area (Å²) in [7, 11) is 0. The van der Waals surface area contributed by atoms with Crippen molar-refractivity contribution in [3.63, 3.8) is 0 Å². The van der Waals surface area contributed by atoms with Gasteiger partial charge >= 0.3 is 11.8 Å². The van der Waals surface area contributed by atoms with Crippen LogP contribution in [0.2, 0.25) is 5.02 Å². The highest BCUT2D eigenvalue weighted by molar-refractivity contribution is 6.43. The van der Waals surface area contributed by atoms with Crippen molar-refractivity contribution in [2.45, 2.75) is 0 Å². The van der Waals surface area contributed by atoms with Gasteiger partial charge in [0.25, 0.3) is 11.6 Å². The van der Waals surface area contributed by atoms with Gasteiger partial charge in [0.2, 0.25) is 0 Å². The fourth-order valence-electron chi connectivity index (χ4n) is 1.77. The predicted octanol–water partition coefficient (Wildman–Crippen LogP) is 1.73. The summed E-state index contributed by atoms with van der Waals surface area (Å²) in [4.78, 5) is 45.5. The van der Waals surface area contributed by atoms with E-state index in [9.17, 15) is 24.5 Å². The monoisotopic (exact) mass is 362 g/mol. The van der Waals surface area contributed by atoms with Crippen molar-refractivity contribution < 1.29 is 19.3 Å².